The van der Waals surface area contributed by atoms with E-state index in [0.29, 0.717) is 24.7 Å². The van der Waals surface area contributed by atoms with Crippen LogP contribution in [0.2, 0.25) is 0 Å². The number of aromatic amines is 1. The van der Waals surface area contributed by atoms with Gasteiger partial charge < -0.3 is 16.0 Å². The van der Waals surface area contributed by atoms with E-state index in [0.717, 1.165) is 13.1 Å². The number of hydrogen-bond acceptors (Lipinski definition) is 3. The summed E-state index contributed by atoms with van der Waals surface area (Å²) in [6.07, 6.45) is 5.16. The monoisotopic (exact) mass is 264 g/mol. The van der Waals surface area contributed by atoms with Crippen LogP contribution in [-0.2, 0) is 0 Å². The van der Waals surface area contributed by atoms with Crippen LogP contribution in [0.3, 0.4) is 0 Å². The van der Waals surface area contributed by atoms with E-state index in [2.05, 4.69) is 25.4 Å². The Morgan fingerprint density at radius 1 is 1.47 bits per heavy atom. The molecule has 1 aliphatic heterocycles. The SMILES string of the molecule is NC(=NCCNC(=O)c1ccn[nH]1)N1CCCCC1. The molecule has 2 rings (SSSR count). The van der Waals surface area contributed by atoms with E-state index >= 15 is 0 Å². The zero-order valence-corrected chi connectivity index (χ0v) is 10.9. The summed E-state index contributed by atoms with van der Waals surface area (Å²) in [7, 11) is 0. The molecule has 7 nitrogen and oxygen atoms in total. The van der Waals surface area contributed by atoms with Gasteiger partial charge in [-0.15, -0.1) is 0 Å². The molecule has 1 aliphatic rings. The Kier molecular flexibility index (Phi) is 4.77. The average Bonchev–Trinajstić information content (AvgIpc) is 2.98. The number of rotatable bonds is 4. The number of nitrogens with one attached hydrogen (secondary N) is 2. The highest BCUT2D eigenvalue weighted by atomic mass is 16.1. The third-order valence-corrected chi connectivity index (χ3v) is 3.10. The molecule has 4 N–H and O–H groups in total. The molecule has 1 saturated heterocycles. The molecule has 1 fully saturated rings. The summed E-state index contributed by atoms with van der Waals surface area (Å²) in [4.78, 5) is 18.0. The number of aromatic nitrogens is 2. The largest absolute Gasteiger partial charge is 0.370 e. The van der Waals surface area contributed by atoms with E-state index < -0.39 is 0 Å². The molecule has 0 atom stereocenters. The van der Waals surface area contributed by atoms with Crippen molar-refractivity contribution >= 4 is 11.9 Å². The van der Waals surface area contributed by atoms with E-state index in [-0.39, 0.29) is 5.91 Å². The minimum Gasteiger partial charge on any atom is -0.370 e. The second kappa shape index (κ2) is 6.77. The number of aliphatic imine (C=N–C) groups is 1. The van der Waals surface area contributed by atoms with Crippen LogP contribution in [-0.4, -0.2) is 53.1 Å². The van der Waals surface area contributed by atoms with Crippen molar-refractivity contribution in [2.24, 2.45) is 10.7 Å². The fourth-order valence-corrected chi connectivity index (χ4v) is 2.04. The molecular formula is C12H20N6O. The fraction of sp³-hybridized carbons (Fsp3) is 0.583. The first-order valence-corrected chi connectivity index (χ1v) is 6.60. The summed E-state index contributed by atoms with van der Waals surface area (Å²) in [6, 6.07) is 1.63. The number of hydrogen-bond donors (Lipinski definition) is 3. The van der Waals surface area contributed by atoms with E-state index in [1.807, 2.05) is 0 Å². The van der Waals surface area contributed by atoms with E-state index in [4.69, 9.17) is 5.73 Å². The quantitative estimate of drug-likeness (QED) is 0.403. The first-order valence-electron chi connectivity index (χ1n) is 6.60. The highest BCUT2D eigenvalue weighted by molar-refractivity contribution is 5.92. The van der Waals surface area contributed by atoms with Gasteiger partial charge in [-0.25, -0.2) is 0 Å². The number of nitrogens with zero attached hydrogens (tertiary/aromatic N) is 3. The van der Waals surface area contributed by atoms with Gasteiger partial charge in [-0.2, -0.15) is 5.10 Å². The number of amides is 1. The minimum atomic E-state index is -0.177. The molecule has 104 valence electrons. The Labute approximate surface area is 112 Å². The molecule has 7 heteroatoms. The molecule has 0 saturated carbocycles. The molecule has 0 radical (unpaired) electrons. The maximum atomic E-state index is 11.6. The van der Waals surface area contributed by atoms with Gasteiger partial charge in [-0.3, -0.25) is 14.9 Å². The van der Waals surface area contributed by atoms with Gasteiger partial charge >= 0.3 is 0 Å². The molecule has 1 aromatic heterocycles. The first-order chi connectivity index (χ1) is 9.27. The average molecular weight is 264 g/mol. The lowest BCUT2D eigenvalue weighted by Gasteiger charge is -2.27. The predicted molar refractivity (Wildman–Crippen MR) is 72.8 cm³/mol. The molecule has 0 aliphatic carbocycles. The molecular weight excluding hydrogens is 244 g/mol. The van der Waals surface area contributed by atoms with Crippen molar-refractivity contribution in [2.45, 2.75) is 19.3 Å². The Morgan fingerprint density at radius 3 is 2.95 bits per heavy atom. The van der Waals surface area contributed by atoms with E-state index in [1.54, 1.807) is 12.3 Å². The normalized spacial score (nSPS) is 16.4. The standard InChI is InChI=1S/C12H20N6O/c13-12(18-8-2-1-3-9-18)15-7-6-14-11(19)10-4-5-16-17-10/h4-5H,1-3,6-9H2,(H2,13,15)(H,14,19)(H,16,17). The van der Waals surface area contributed by atoms with Crippen LogP contribution in [0.4, 0.5) is 0 Å². The van der Waals surface area contributed by atoms with Crippen LogP contribution >= 0.6 is 0 Å². The summed E-state index contributed by atoms with van der Waals surface area (Å²) in [5.74, 6) is 0.403. The minimum absolute atomic E-state index is 0.177. The number of piperidine rings is 1. The summed E-state index contributed by atoms with van der Waals surface area (Å²) in [6.45, 7) is 2.92. The third kappa shape index (κ3) is 3.97. The van der Waals surface area contributed by atoms with Crippen LogP contribution in [0.5, 0.6) is 0 Å². The Hall–Kier alpha value is -2.05. The van der Waals surface area contributed by atoms with Crippen molar-refractivity contribution < 1.29 is 4.79 Å². The van der Waals surface area contributed by atoms with Gasteiger partial charge in [0.05, 0.1) is 6.54 Å². The van der Waals surface area contributed by atoms with Crippen LogP contribution in [0, 0.1) is 0 Å². The van der Waals surface area contributed by atoms with Crippen LogP contribution < -0.4 is 11.1 Å². The molecule has 0 spiro atoms. The second-order valence-corrected chi connectivity index (χ2v) is 4.51. The lowest BCUT2D eigenvalue weighted by Crippen LogP contribution is -2.41. The molecule has 1 amide bonds. The van der Waals surface area contributed by atoms with Crippen LogP contribution in [0.15, 0.2) is 17.3 Å². The maximum Gasteiger partial charge on any atom is 0.269 e. The summed E-state index contributed by atoms with van der Waals surface area (Å²) >= 11 is 0. The summed E-state index contributed by atoms with van der Waals surface area (Å²) < 4.78 is 0. The summed E-state index contributed by atoms with van der Waals surface area (Å²) in [5.41, 5.74) is 6.36. The molecule has 2 heterocycles. The topological polar surface area (TPSA) is 99.4 Å². The lowest BCUT2D eigenvalue weighted by atomic mass is 10.1. The van der Waals surface area contributed by atoms with Gasteiger partial charge in [0.2, 0.25) is 0 Å². The molecule has 19 heavy (non-hydrogen) atoms. The fourth-order valence-electron chi connectivity index (χ4n) is 2.04. The van der Waals surface area contributed by atoms with Gasteiger partial charge in [-0.1, -0.05) is 0 Å². The molecule has 0 bridgehead atoms. The van der Waals surface area contributed by atoms with Gasteiger partial charge in [0.1, 0.15) is 5.69 Å². The molecule has 1 aromatic rings. The smallest absolute Gasteiger partial charge is 0.269 e. The van der Waals surface area contributed by atoms with Gasteiger partial charge in [0.25, 0.3) is 5.91 Å². The van der Waals surface area contributed by atoms with E-state index in [9.17, 15) is 4.79 Å². The van der Waals surface area contributed by atoms with Crippen molar-refractivity contribution in [3.8, 4) is 0 Å². The number of guanidine groups is 1. The summed E-state index contributed by atoms with van der Waals surface area (Å²) in [5, 5.41) is 9.08. The maximum absolute atomic E-state index is 11.6. The number of H-pyrrole nitrogens is 1. The molecule has 0 aromatic carbocycles. The third-order valence-electron chi connectivity index (χ3n) is 3.10. The van der Waals surface area contributed by atoms with Crippen molar-refractivity contribution in [3.05, 3.63) is 18.0 Å². The van der Waals surface area contributed by atoms with Crippen molar-refractivity contribution in [3.63, 3.8) is 0 Å². The zero-order chi connectivity index (χ0) is 13.5. The van der Waals surface area contributed by atoms with Gasteiger partial charge in [-0.05, 0) is 25.3 Å². The number of carbonyl (C=O) groups is 1. The number of likely N-dealkylation sites (tertiary alicyclic amines) is 1. The second-order valence-electron chi connectivity index (χ2n) is 4.51. The van der Waals surface area contributed by atoms with Crippen LogP contribution in [0.1, 0.15) is 29.8 Å². The Morgan fingerprint density at radius 2 is 2.26 bits per heavy atom. The first kappa shape index (κ1) is 13.4. The highest BCUT2D eigenvalue weighted by Crippen LogP contribution is 2.07. The van der Waals surface area contributed by atoms with Crippen molar-refractivity contribution in [2.75, 3.05) is 26.2 Å². The van der Waals surface area contributed by atoms with Gasteiger partial charge in [0, 0.05) is 25.8 Å². The number of carbonyl (C=O) groups excluding carboxylic acids is 1. The highest BCUT2D eigenvalue weighted by Gasteiger charge is 2.11. The van der Waals surface area contributed by atoms with Crippen LogP contribution in [0.25, 0.3) is 0 Å². The van der Waals surface area contributed by atoms with E-state index in [1.165, 1.54) is 19.3 Å². The Bertz CT molecular complexity index is 421. The van der Waals surface area contributed by atoms with Crippen molar-refractivity contribution in [1.82, 2.24) is 20.4 Å². The zero-order valence-electron chi connectivity index (χ0n) is 10.9. The lowest BCUT2D eigenvalue weighted by molar-refractivity contribution is 0.0950. The van der Waals surface area contributed by atoms with Gasteiger partial charge in [0.15, 0.2) is 5.96 Å². The number of nitrogens with two attached hydrogens (primary N) is 1. The Balaban J connectivity index is 1.69. The van der Waals surface area contributed by atoms with Crippen molar-refractivity contribution in [1.29, 1.82) is 0 Å². The predicted octanol–water partition coefficient (Wildman–Crippen LogP) is -0.0599. The molecule has 0 unspecified atom stereocenters.